The van der Waals surface area contributed by atoms with Gasteiger partial charge in [0.25, 0.3) is 0 Å². The Balaban J connectivity index is 1.33. The fourth-order valence-corrected chi connectivity index (χ4v) is 4.22. The third kappa shape index (κ3) is 4.69. The van der Waals surface area contributed by atoms with E-state index in [1.165, 1.54) is 55.2 Å². The number of aromatic amines is 1. The Bertz CT molecular complexity index is 774. The van der Waals surface area contributed by atoms with Crippen molar-refractivity contribution in [2.75, 3.05) is 52.9 Å². The molecule has 0 aliphatic carbocycles. The van der Waals surface area contributed by atoms with Crippen LogP contribution in [-0.4, -0.2) is 78.6 Å². The number of aromatic nitrogens is 1. The second-order valence-electron chi connectivity index (χ2n) is 7.83. The molecule has 0 saturated carbocycles. The number of hydrogen-bond acceptors (Lipinski definition) is 5. The molecule has 0 spiro atoms. The predicted octanol–water partition coefficient (Wildman–Crippen LogP) is 2.05. The molecule has 0 radical (unpaired) electrons. The Morgan fingerprint density at radius 2 is 1.67 bits per heavy atom. The monoisotopic (exact) mass is 370 g/mol. The van der Waals surface area contributed by atoms with E-state index in [1.807, 2.05) is 0 Å². The molecule has 27 heavy (non-hydrogen) atoms. The number of likely N-dealkylation sites (tertiary alicyclic amines) is 1. The summed E-state index contributed by atoms with van der Waals surface area (Å²) < 4.78 is 4.76. The zero-order valence-corrected chi connectivity index (χ0v) is 16.2. The van der Waals surface area contributed by atoms with Crippen LogP contribution in [0.3, 0.4) is 0 Å². The topological polar surface area (TPSA) is 51.8 Å². The van der Waals surface area contributed by atoms with Crippen molar-refractivity contribution in [3.63, 3.8) is 0 Å². The van der Waals surface area contributed by atoms with Crippen molar-refractivity contribution in [2.24, 2.45) is 0 Å². The van der Waals surface area contributed by atoms with Crippen molar-refractivity contribution in [2.45, 2.75) is 25.9 Å². The Kier molecular flexibility index (Phi) is 5.76. The van der Waals surface area contributed by atoms with Gasteiger partial charge >= 0.3 is 5.97 Å². The lowest BCUT2D eigenvalue weighted by Gasteiger charge is -2.34. The molecule has 6 heteroatoms. The number of nitrogens with zero attached hydrogens (tertiary/aromatic N) is 3. The molecule has 1 aromatic carbocycles. The molecular weight excluding hydrogens is 340 g/mol. The summed E-state index contributed by atoms with van der Waals surface area (Å²) >= 11 is 0. The van der Waals surface area contributed by atoms with Crippen molar-refractivity contribution in [3.8, 4) is 0 Å². The Labute approximate surface area is 161 Å². The van der Waals surface area contributed by atoms with Gasteiger partial charge in [-0.2, -0.15) is 0 Å². The first-order valence-electron chi connectivity index (χ1n) is 10.0. The number of methoxy groups -OCH3 is 1. The number of hydrogen-bond donors (Lipinski definition) is 1. The van der Waals surface area contributed by atoms with E-state index < -0.39 is 0 Å². The van der Waals surface area contributed by atoms with Crippen LogP contribution >= 0.6 is 0 Å². The van der Waals surface area contributed by atoms with Crippen LogP contribution in [0.5, 0.6) is 0 Å². The molecule has 2 aromatic rings. The van der Waals surface area contributed by atoms with Gasteiger partial charge in [-0.25, -0.2) is 0 Å². The van der Waals surface area contributed by atoms with E-state index in [2.05, 4.69) is 43.9 Å². The molecule has 0 bridgehead atoms. The van der Waals surface area contributed by atoms with Crippen LogP contribution < -0.4 is 0 Å². The first-order chi connectivity index (χ1) is 13.2. The van der Waals surface area contributed by atoms with Crippen molar-refractivity contribution < 1.29 is 9.53 Å². The van der Waals surface area contributed by atoms with Gasteiger partial charge in [-0.3, -0.25) is 19.5 Å². The molecule has 1 aromatic heterocycles. The van der Waals surface area contributed by atoms with Crippen LogP contribution in [-0.2, 0) is 22.6 Å². The highest BCUT2D eigenvalue weighted by Crippen LogP contribution is 2.21. The molecule has 0 unspecified atom stereocenters. The van der Waals surface area contributed by atoms with Gasteiger partial charge in [-0.05, 0) is 49.7 Å². The Morgan fingerprint density at radius 1 is 0.963 bits per heavy atom. The summed E-state index contributed by atoms with van der Waals surface area (Å²) in [6.07, 6.45) is 2.66. The number of benzene rings is 1. The third-order valence-corrected chi connectivity index (χ3v) is 5.79. The van der Waals surface area contributed by atoms with E-state index in [0.717, 1.165) is 39.3 Å². The summed E-state index contributed by atoms with van der Waals surface area (Å²) in [5, 5.41) is 1.31. The maximum atomic E-state index is 11.4. The number of esters is 1. The quantitative estimate of drug-likeness (QED) is 0.789. The average Bonchev–Trinajstić information content (AvgIpc) is 3.32. The van der Waals surface area contributed by atoms with Crippen molar-refractivity contribution in [3.05, 3.63) is 35.5 Å². The number of ether oxygens (including phenoxy) is 1. The fraction of sp³-hybridized carbons (Fsp3) is 0.571. The van der Waals surface area contributed by atoms with Crippen LogP contribution in [0.1, 0.15) is 24.1 Å². The summed E-state index contributed by atoms with van der Waals surface area (Å²) in [6, 6.07) is 9.08. The van der Waals surface area contributed by atoms with Crippen LogP contribution in [0.15, 0.2) is 24.3 Å². The van der Waals surface area contributed by atoms with Gasteiger partial charge in [0, 0.05) is 55.9 Å². The lowest BCUT2D eigenvalue weighted by atomic mass is 10.1. The first-order valence-corrected chi connectivity index (χ1v) is 10.0. The fourth-order valence-electron chi connectivity index (χ4n) is 4.22. The molecule has 4 rings (SSSR count). The summed E-state index contributed by atoms with van der Waals surface area (Å²) in [4.78, 5) is 22.1. The minimum atomic E-state index is -0.147. The Morgan fingerprint density at radius 3 is 2.41 bits per heavy atom. The maximum Gasteiger partial charge on any atom is 0.319 e. The largest absolute Gasteiger partial charge is 0.468 e. The molecule has 3 heterocycles. The van der Waals surface area contributed by atoms with Gasteiger partial charge in [-0.1, -0.05) is 6.07 Å². The van der Waals surface area contributed by atoms with Gasteiger partial charge in [-0.15, -0.1) is 0 Å². The van der Waals surface area contributed by atoms with Gasteiger partial charge in [0.2, 0.25) is 0 Å². The predicted molar refractivity (Wildman–Crippen MR) is 107 cm³/mol. The number of fused-ring (bicyclic) bond motifs is 1. The SMILES string of the molecule is COC(=O)CN1CCN(Cc2ccc3[nH]c(CN4CCCC4)cc3c2)CC1. The highest BCUT2D eigenvalue weighted by Gasteiger charge is 2.19. The van der Waals surface area contributed by atoms with Gasteiger partial charge in [0.05, 0.1) is 13.7 Å². The van der Waals surface area contributed by atoms with E-state index >= 15 is 0 Å². The van der Waals surface area contributed by atoms with Gasteiger partial charge in [0.15, 0.2) is 0 Å². The molecule has 1 N–H and O–H groups in total. The molecule has 2 saturated heterocycles. The zero-order chi connectivity index (χ0) is 18.6. The minimum absolute atomic E-state index is 0.147. The number of rotatable bonds is 6. The summed E-state index contributed by atoms with van der Waals surface area (Å²) in [5.74, 6) is -0.147. The van der Waals surface area contributed by atoms with E-state index in [-0.39, 0.29) is 5.97 Å². The van der Waals surface area contributed by atoms with Crippen LogP contribution in [0.2, 0.25) is 0 Å². The molecule has 6 nitrogen and oxygen atoms in total. The first kappa shape index (κ1) is 18.5. The van der Waals surface area contributed by atoms with Gasteiger partial charge in [0.1, 0.15) is 0 Å². The summed E-state index contributed by atoms with van der Waals surface area (Å²) in [6.45, 7) is 8.67. The highest BCUT2D eigenvalue weighted by atomic mass is 16.5. The summed E-state index contributed by atoms with van der Waals surface area (Å²) in [5.41, 5.74) is 3.91. The Hall–Kier alpha value is -1.89. The number of nitrogens with one attached hydrogen (secondary N) is 1. The smallest absolute Gasteiger partial charge is 0.319 e. The van der Waals surface area contributed by atoms with Crippen molar-refractivity contribution in [1.29, 1.82) is 0 Å². The highest BCUT2D eigenvalue weighted by molar-refractivity contribution is 5.81. The van der Waals surface area contributed by atoms with Crippen LogP contribution in [0.4, 0.5) is 0 Å². The zero-order valence-electron chi connectivity index (χ0n) is 16.2. The third-order valence-electron chi connectivity index (χ3n) is 5.79. The van der Waals surface area contributed by atoms with Crippen molar-refractivity contribution >= 4 is 16.9 Å². The second kappa shape index (κ2) is 8.42. The number of carbonyl (C=O) groups excluding carboxylic acids is 1. The van der Waals surface area contributed by atoms with E-state index in [4.69, 9.17) is 4.74 Å². The standard InChI is InChI=1S/C21H30N4O2/c1-27-21(26)16-25-10-8-24(9-11-25)14-17-4-5-20-18(12-17)13-19(22-20)15-23-6-2-3-7-23/h4-5,12-13,22H,2-3,6-11,14-16H2,1H3. The van der Waals surface area contributed by atoms with E-state index in [0.29, 0.717) is 6.54 Å². The second-order valence-corrected chi connectivity index (χ2v) is 7.83. The minimum Gasteiger partial charge on any atom is -0.468 e. The normalized spacial score (nSPS) is 19.7. The number of H-pyrrole nitrogens is 1. The molecule has 2 aliphatic heterocycles. The van der Waals surface area contributed by atoms with Gasteiger partial charge < -0.3 is 9.72 Å². The lowest BCUT2D eigenvalue weighted by Crippen LogP contribution is -2.47. The molecule has 2 aliphatic rings. The summed E-state index contributed by atoms with van der Waals surface area (Å²) in [7, 11) is 1.45. The molecule has 0 atom stereocenters. The van der Waals surface area contributed by atoms with Crippen molar-refractivity contribution in [1.82, 2.24) is 19.7 Å². The molecule has 2 fully saturated rings. The maximum absolute atomic E-state index is 11.4. The van der Waals surface area contributed by atoms with E-state index in [9.17, 15) is 4.79 Å². The van der Waals surface area contributed by atoms with Crippen LogP contribution in [0, 0.1) is 0 Å². The van der Waals surface area contributed by atoms with E-state index in [1.54, 1.807) is 0 Å². The molecule has 146 valence electrons. The average molecular weight is 370 g/mol. The molecular formula is C21H30N4O2. The number of carbonyl (C=O) groups is 1. The lowest BCUT2D eigenvalue weighted by molar-refractivity contribution is -0.142. The number of piperazine rings is 1. The molecule has 0 amide bonds. The van der Waals surface area contributed by atoms with Crippen LogP contribution in [0.25, 0.3) is 10.9 Å².